The van der Waals surface area contributed by atoms with Crippen LogP contribution < -0.4 is 5.32 Å². The molecule has 40 valence electrons. The van der Waals surface area contributed by atoms with E-state index >= 15 is 0 Å². The molecule has 0 aromatic carbocycles. The molecule has 0 fully saturated rings. The van der Waals surface area contributed by atoms with Gasteiger partial charge in [0.05, 0.1) is 0 Å². The standard InChI is InChI=1S/C5H9NO/c1-2-3-4-6-5-7/h3-5H,2H2,1H3,(H,6,7)/b4-3+. The Hall–Kier alpha value is -0.790. The summed E-state index contributed by atoms with van der Waals surface area (Å²) in [7, 11) is 0. The van der Waals surface area contributed by atoms with Crippen LogP contribution in [-0.2, 0) is 4.79 Å². The van der Waals surface area contributed by atoms with Crippen LogP contribution in [0.4, 0.5) is 0 Å². The Labute approximate surface area is 43.2 Å². The summed E-state index contributed by atoms with van der Waals surface area (Å²) in [6, 6.07) is 0. The summed E-state index contributed by atoms with van der Waals surface area (Å²) in [5.41, 5.74) is 0. The van der Waals surface area contributed by atoms with Gasteiger partial charge >= 0.3 is 0 Å². The fourth-order valence-electron chi connectivity index (χ4n) is 0.225. The summed E-state index contributed by atoms with van der Waals surface area (Å²) in [5, 5.41) is 2.39. The summed E-state index contributed by atoms with van der Waals surface area (Å²) >= 11 is 0. The van der Waals surface area contributed by atoms with E-state index in [9.17, 15) is 4.79 Å². The summed E-state index contributed by atoms with van der Waals surface area (Å²) in [5.74, 6) is 0. The quantitative estimate of drug-likeness (QED) is 0.517. The monoisotopic (exact) mass is 99.1 g/mol. The Kier molecular flexibility index (Phi) is 4.62. The number of hydrogen-bond donors (Lipinski definition) is 1. The van der Waals surface area contributed by atoms with Gasteiger partial charge in [-0.05, 0) is 12.6 Å². The van der Waals surface area contributed by atoms with E-state index in [-0.39, 0.29) is 0 Å². The second-order valence-corrected chi connectivity index (χ2v) is 1.10. The van der Waals surface area contributed by atoms with Crippen molar-refractivity contribution >= 4 is 6.41 Å². The third-order valence-corrected chi connectivity index (χ3v) is 0.518. The molecule has 0 radical (unpaired) electrons. The molecule has 0 heterocycles. The molecular weight excluding hydrogens is 90.1 g/mol. The number of hydrogen-bond acceptors (Lipinski definition) is 1. The average molecular weight is 99.1 g/mol. The van der Waals surface area contributed by atoms with Crippen LogP contribution in [0.3, 0.4) is 0 Å². The SMILES string of the molecule is CC/C=C/NC=O. The molecule has 0 spiro atoms. The zero-order valence-corrected chi connectivity index (χ0v) is 4.35. The number of nitrogens with one attached hydrogen (secondary N) is 1. The predicted molar refractivity (Wildman–Crippen MR) is 28.6 cm³/mol. The van der Waals surface area contributed by atoms with Gasteiger partial charge in [-0.25, -0.2) is 0 Å². The summed E-state index contributed by atoms with van der Waals surface area (Å²) in [6.45, 7) is 2.00. The molecule has 2 heteroatoms. The third-order valence-electron chi connectivity index (χ3n) is 0.518. The zero-order chi connectivity index (χ0) is 5.54. The molecule has 0 aliphatic heterocycles. The van der Waals surface area contributed by atoms with E-state index in [4.69, 9.17) is 0 Å². The second kappa shape index (κ2) is 5.21. The van der Waals surface area contributed by atoms with Crippen molar-refractivity contribution in [2.75, 3.05) is 0 Å². The number of amides is 1. The molecule has 0 rings (SSSR count). The highest BCUT2D eigenvalue weighted by Crippen LogP contribution is 1.72. The predicted octanol–water partition coefficient (Wildman–Crippen LogP) is 0.656. The molecule has 0 unspecified atom stereocenters. The van der Waals surface area contributed by atoms with Crippen LogP contribution in [-0.4, -0.2) is 6.41 Å². The van der Waals surface area contributed by atoms with Gasteiger partial charge in [-0.15, -0.1) is 0 Å². The van der Waals surface area contributed by atoms with Gasteiger partial charge < -0.3 is 5.32 Å². The van der Waals surface area contributed by atoms with E-state index in [1.807, 2.05) is 13.0 Å². The van der Waals surface area contributed by atoms with Crippen LogP contribution in [0.2, 0.25) is 0 Å². The van der Waals surface area contributed by atoms with Crippen molar-refractivity contribution < 1.29 is 4.79 Å². The lowest BCUT2D eigenvalue weighted by Crippen LogP contribution is -1.97. The highest BCUT2D eigenvalue weighted by atomic mass is 16.1. The van der Waals surface area contributed by atoms with E-state index in [1.54, 1.807) is 6.20 Å². The topological polar surface area (TPSA) is 29.1 Å². The maximum Gasteiger partial charge on any atom is 0.211 e. The maximum absolute atomic E-state index is 9.52. The zero-order valence-electron chi connectivity index (χ0n) is 4.35. The molecule has 0 bridgehead atoms. The number of carbonyl (C=O) groups excluding carboxylic acids is 1. The van der Waals surface area contributed by atoms with Gasteiger partial charge in [-0.3, -0.25) is 4.79 Å². The van der Waals surface area contributed by atoms with Crippen LogP contribution >= 0.6 is 0 Å². The minimum atomic E-state index is 0.645. The molecule has 1 amide bonds. The first kappa shape index (κ1) is 6.21. The van der Waals surface area contributed by atoms with Gasteiger partial charge in [-0.2, -0.15) is 0 Å². The first-order valence-electron chi connectivity index (χ1n) is 2.26. The van der Waals surface area contributed by atoms with E-state index in [0.29, 0.717) is 6.41 Å². The van der Waals surface area contributed by atoms with Gasteiger partial charge in [0.25, 0.3) is 0 Å². The lowest BCUT2D eigenvalue weighted by atomic mass is 10.5. The van der Waals surface area contributed by atoms with E-state index in [2.05, 4.69) is 5.32 Å². The highest BCUT2D eigenvalue weighted by molar-refractivity contribution is 5.47. The minimum absolute atomic E-state index is 0.645. The van der Waals surface area contributed by atoms with Gasteiger partial charge in [0, 0.05) is 0 Å². The lowest BCUT2D eigenvalue weighted by Gasteiger charge is -1.78. The normalized spacial score (nSPS) is 9.29. The molecule has 0 saturated heterocycles. The van der Waals surface area contributed by atoms with E-state index < -0.39 is 0 Å². The van der Waals surface area contributed by atoms with Gasteiger partial charge in [0.2, 0.25) is 6.41 Å². The Morgan fingerprint density at radius 1 is 1.71 bits per heavy atom. The number of allylic oxidation sites excluding steroid dienone is 1. The fraction of sp³-hybridized carbons (Fsp3) is 0.400. The average Bonchev–Trinajstić information content (AvgIpc) is 1.69. The minimum Gasteiger partial charge on any atom is -0.336 e. The van der Waals surface area contributed by atoms with E-state index in [0.717, 1.165) is 6.42 Å². The van der Waals surface area contributed by atoms with Crippen molar-refractivity contribution in [3.63, 3.8) is 0 Å². The third kappa shape index (κ3) is 5.21. The van der Waals surface area contributed by atoms with Crippen molar-refractivity contribution in [3.05, 3.63) is 12.3 Å². The first-order valence-corrected chi connectivity index (χ1v) is 2.26. The number of rotatable bonds is 3. The lowest BCUT2D eigenvalue weighted by molar-refractivity contribution is -0.108. The van der Waals surface area contributed by atoms with Crippen molar-refractivity contribution in [2.24, 2.45) is 0 Å². The van der Waals surface area contributed by atoms with Crippen LogP contribution in [0.25, 0.3) is 0 Å². The van der Waals surface area contributed by atoms with E-state index in [1.165, 1.54) is 0 Å². The maximum atomic E-state index is 9.52. The molecule has 1 N–H and O–H groups in total. The molecular formula is C5H9NO. The van der Waals surface area contributed by atoms with Gasteiger partial charge in [0.1, 0.15) is 0 Å². The summed E-state index contributed by atoms with van der Waals surface area (Å²) < 4.78 is 0. The van der Waals surface area contributed by atoms with Gasteiger partial charge in [0.15, 0.2) is 0 Å². The summed E-state index contributed by atoms with van der Waals surface area (Å²) in [6.07, 6.45) is 5.09. The molecule has 7 heavy (non-hydrogen) atoms. The Morgan fingerprint density at radius 2 is 2.43 bits per heavy atom. The van der Waals surface area contributed by atoms with Crippen molar-refractivity contribution in [1.82, 2.24) is 5.32 Å². The largest absolute Gasteiger partial charge is 0.336 e. The summed E-state index contributed by atoms with van der Waals surface area (Å²) in [4.78, 5) is 9.52. The Bertz CT molecular complexity index is 68.5. The van der Waals surface area contributed by atoms with Crippen molar-refractivity contribution in [2.45, 2.75) is 13.3 Å². The smallest absolute Gasteiger partial charge is 0.211 e. The van der Waals surface area contributed by atoms with Crippen molar-refractivity contribution in [3.8, 4) is 0 Å². The fourth-order valence-corrected chi connectivity index (χ4v) is 0.225. The molecule has 0 aromatic rings. The molecule has 0 saturated carbocycles. The Balaban J connectivity index is 2.92. The molecule has 2 nitrogen and oxygen atoms in total. The highest BCUT2D eigenvalue weighted by Gasteiger charge is 1.62. The van der Waals surface area contributed by atoms with Crippen LogP contribution in [0.15, 0.2) is 12.3 Å². The number of carbonyl (C=O) groups is 1. The van der Waals surface area contributed by atoms with Crippen LogP contribution in [0, 0.1) is 0 Å². The van der Waals surface area contributed by atoms with Crippen LogP contribution in [0.5, 0.6) is 0 Å². The Morgan fingerprint density at radius 3 is 2.86 bits per heavy atom. The van der Waals surface area contributed by atoms with Gasteiger partial charge in [-0.1, -0.05) is 13.0 Å². The molecule has 0 atom stereocenters. The molecule has 0 aliphatic rings. The molecule has 0 aliphatic carbocycles. The molecule has 0 aromatic heterocycles. The second-order valence-electron chi connectivity index (χ2n) is 1.10. The van der Waals surface area contributed by atoms with Crippen molar-refractivity contribution in [1.29, 1.82) is 0 Å². The van der Waals surface area contributed by atoms with Crippen LogP contribution in [0.1, 0.15) is 13.3 Å². The first-order chi connectivity index (χ1) is 3.41.